The van der Waals surface area contributed by atoms with Crippen LogP contribution in [0.25, 0.3) is 0 Å². The lowest BCUT2D eigenvalue weighted by Crippen LogP contribution is -2.50. The summed E-state index contributed by atoms with van der Waals surface area (Å²) in [5, 5.41) is 13.9. The van der Waals surface area contributed by atoms with E-state index in [-0.39, 0.29) is 12.5 Å². The molecule has 0 bridgehead atoms. The van der Waals surface area contributed by atoms with Crippen molar-refractivity contribution in [1.82, 2.24) is 0 Å². The molecule has 1 unspecified atom stereocenters. The molecule has 0 aliphatic carbocycles. The molecule has 0 aromatic heterocycles. The average Bonchev–Trinajstić information content (AvgIpc) is 3.27. The van der Waals surface area contributed by atoms with Gasteiger partial charge in [0.1, 0.15) is 5.75 Å². The second kappa shape index (κ2) is 10.9. The van der Waals surface area contributed by atoms with Gasteiger partial charge in [0.05, 0.1) is 39.9 Å². The van der Waals surface area contributed by atoms with E-state index in [1.165, 1.54) is 0 Å². The van der Waals surface area contributed by atoms with Crippen molar-refractivity contribution >= 4 is 5.97 Å². The third-order valence-electron chi connectivity index (χ3n) is 6.73. The van der Waals surface area contributed by atoms with E-state index in [9.17, 15) is 9.90 Å². The molecule has 1 fully saturated rings. The van der Waals surface area contributed by atoms with E-state index in [0.29, 0.717) is 17.7 Å². The number of carbonyl (C=O) groups excluding carboxylic acids is 1. The largest absolute Gasteiger partial charge is 0.834 e. The Bertz CT molecular complexity index is 1000. The highest BCUT2D eigenvalue weighted by Crippen LogP contribution is 2.29. The maximum atomic E-state index is 13.9. The summed E-state index contributed by atoms with van der Waals surface area (Å²) in [7, 11) is 2.25. The Morgan fingerprint density at radius 2 is 1.50 bits per heavy atom. The number of nitrogens with zero attached hydrogens (tertiary/aromatic N) is 1. The van der Waals surface area contributed by atoms with Crippen LogP contribution >= 0.6 is 0 Å². The Balaban J connectivity index is 1.31. The lowest BCUT2D eigenvalue weighted by atomic mass is 9.86. The van der Waals surface area contributed by atoms with Crippen LogP contribution in [0.4, 0.5) is 0 Å². The van der Waals surface area contributed by atoms with Crippen LogP contribution in [-0.4, -0.2) is 50.3 Å². The maximum Gasteiger partial charge on any atom is 0.304 e. The molecule has 1 aliphatic rings. The zero-order valence-electron chi connectivity index (χ0n) is 19.8. The number of likely N-dealkylation sites (tertiary alicyclic amines) is 1. The van der Waals surface area contributed by atoms with Crippen molar-refractivity contribution in [3.63, 3.8) is 0 Å². The normalized spacial score (nSPS) is 20.1. The van der Waals surface area contributed by atoms with Gasteiger partial charge in [0.25, 0.3) is 0 Å². The fraction of sp³-hybridized carbons (Fsp3) is 0.345. The summed E-state index contributed by atoms with van der Waals surface area (Å²) in [6.45, 7) is 3.94. The molecule has 0 saturated carbocycles. The first-order valence-electron chi connectivity index (χ1n) is 12.0. The average molecular weight is 460 g/mol. The number of carbonyl (C=O) groups is 1. The summed E-state index contributed by atoms with van der Waals surface area (Å²) < 4.78 is 12.4. The molecule has 178 valence electrons. The van der Waals surface area contributed by atoms with Crippen molar-refractivity contribution < 1.29 is 23.9 Å². The van der Waals surface area contributed by atoms with E-state index in [1.54, 1.807) is 48.5 Å². The van der Waals surface area contributed by atoms with Crippen LogP contribution in [0.2, 0.25) is 0 Å². The number of para-hydroxylation sites is 1. The van der Waals surface area contributed by atoms with Gasteiger partial charge < -0.3 is 19.1 Å². The standard InChI is InChI=1S/C29H33NO4/c1-30(19-11-21-33-27-16-9-4-10-17-27)20-18-24(22-30)23-34-28(31)29(32,25-12-5-2-6-13-25)26-14-7-3-8-15-26/h2-10,12-17,24H,11,18-23H2,1H3/t24-,30?/m0/s1. The Hall–Kier alpha value is -3.15. The first-order chi connectivity index (χ1) is 16.5. The van der Waals surface area contributed by atoms with Gasteiger partial charge in [0.15, 0.2) is 0 Å². The van der Waals surface area contributed by atoms with Gasteiger partial charge in [-0.1, -0.05) is 78.9 Å². The molecule has 3 aromatic rings. The van der Waals surface area contributed by atoms with Crippen LogP contribution in [0.5, 0.6) is 5.75 Å². The van der Waals surface area contributed by atoms with Gasteiger partial charge in [-0.15, -0.1) is 0 Å². The molecular weight excluding hydrogens is 426 g/mol. The van der Waals surface area contributed by atoms with Crippen LogP contribution in [-0.2, 0) is 15.1 Å². The third-order valence-corrected chi connectivity index (χ3v) is 6.73. The van der Waals surface area contributed by atoms with Crippen molar-refractivity contribution in [3.8, 4) is 5.75 Å². The number of esters is 1. The Labute approximate surface area is 202 Å². The molecule has 0 spiro atoms. The molecule has 1 saturated heterocycles. The molecule has 5 heteroatoms. The van der Waals surface area contributed by atoms with E-state index in [2.05, 4.69) is 7.05 Å². The predicted molar refractivity (Wildman–Crippen MR) is 130 cm³/mol. The van der Waals surface area contributed by atoms with Gasteiger partial charge in [-0.05, 0) is 23.3 Å². The second-order valence-electron chi connectivity index (χ2n) is 9.43. The van der Waals surface area contributed by atoms with Gasteiger partial charge in [0, 0.05) is 24.4 Å². The lowest BCUT2D eigenvalue weighted by Gasteiger charge is -2.39. The minimum absolute atomic E-state index is 0.250. The van der Waals surface area contributed by atoms with Gasteiger partial charge in [0.2, 0.25) is 0 Å². The van der Waals surface area contributed by atoms with E-state index in [1.807, 2.05) is 42.5 Å². The van der Waals surface area contributed by atoms with Crippen molar-refractivity contribution in [2.24, 2.45) is 5.92 Å². The fourth-order valence-electron chi connectivity index (χ4n) is 4.84. The zero-order chi connectivity index (χ0) is 23.9. The Morgan fingerprint density at radius 3 is 2.09 bits per heavy atom. The predicted octanol–water partition coefficient (Wildman–Crippen LogP) is 3.77. The first-order valence-corrected chi connectivity index (χ1v) is 12.0. The molecule has 1 heterocycles. The van der Waals surface area contributed by atoms with Crippen LogP contribution < -0.4 is 9.84 Å². The third kappa shape index (κ3) is 5.66. The number of rotatable bonds is 10. The molecule has 2 atom stereocenters. The summed E-state index contributed by atoms with van der Waals surface area (Å²) >= 11 is 0. The van der Waals surface area contributed by atoms with Crippen LogP contribution in [0, 0.1) is 5.92 Å². The zero-order valence-corrected chi connectivity index (χ0v) is 19.8. The van der Waals surface area contributed by atoms with E-state index in [4.69, 9.17) is 9.47 Å². The lowest BCUT2D eigenvalue weighted by molar-refractivity contribution is -0.899. The highest BCUT2D eigenvalue weighted by atomic mass is 16.5. The van der Waals surface area contributed by atoms with Crippen molar-refractivity contribution in [2.75, 3.05) is 39.9 Å². The quantitative estimate of drug-likeness (QED) is 0.263. The van der Waals surface area contributed by atoms with Crippen molar-refractivity contribution in [3.05, 3.63) is 102 Å². The minimum Gasteiger partial charge on any atom is -0.834 e. The van der Waals surface area contributed by atoms with Gasteiger partial charge in [-0.3, -0.25) is 4.79 Å². The van der Waals surface area contributed by atoms with Gasteiger partial charge in [-0.25, -0.2) is 0 Å². The summed E-state index contributed by atoms with van der Waals surface area (Å²) in [5.74, 6) is 0.413. The van der Waals surface area contributed by atoms with Crippen LogP contribution in [0.3, 0.4) is 0 Å². The molecule has 0 radical (unpaired) electrons. The number of ether oxygens (including phenoxy) is 2. The SMILES string of the molecule is C[N+]1(CCCOc2ccccc2)CC[C@H](COC(=O)C([O-])(c2ccccc2)c2ccccc2)C1. The monoisotopic (exact) mass is 459 g/mol. The smallest absolute Gasteiger partial charge is 0.304 e. The Morgan fingerprint density at radius 1 is 0.941 bits per heavy atom. The van der Waals surface area contributed by atoms with Gasteiger partial charge >= 0.3 is 5.97 Å². The molecule has 4 rings (SSSR count). The van der Waals surface area contributed by atoms with Crippen LogP contribution in [0.1, 0.15) is 24.0 Å². The molecule has 1 aliphatic heterocycles. The van der Waals surface area contributed by atoms with Gasteiger partial charge in [-0.2, -0.15) is 0 Å². The summed E-state index contributed by atoms with van der Waals surface area (Å²) in [6.07, 6.45) is 1.94. The molecule has 34 heavy (non-hydrogen) atoms. The Kier molecular flexibility index (Phi) is 7.66. The molecule has 0 N–H and O–H groups in total. The summed E-state index contributed by atoms with van der Waals surface area (Å²) in [6, 6.07) is 27.4. The molecular formula is C29H33NO4. The molecule has 3 aromatic carbocycles. The topological polar surface area (TPSA) is 58.6 Å². The number of hydrogen-bond acceptors (Lipinski definition) is 4. The number of quaternary nitrogens is 1. The van der Waals surface area contributed by atoms with Crippen molar-refractivity contribution in [2.45, 2.75) is 18.4 Å². The van der Waals surface area contributed by atoms with E-state index >= 15 is 0 Å². The minimum atomic E-state index is -2.08. The molecule has 0 amide bonds. The fourth-order valence-corrected chi connectivity index (χ4v) is 4.84. The molecule has 5 nitrogen and oxygen atoms in total. The summed E-state index contributed by atoms with van der Waals surface area (Å²) in [4.78, 5) is 13.2. The van der Waals surface area contributed by atoms with E-state index in [0.717, 1.165) is 42.7 Å². The first kappa shape index (κ1) is 24.0. The maximum absolute atomic E-state index is 13.9. The highest BCUT2D eigenvalue weighted by molar-refractivity contribution is 5.85. The van der Waals surface area contributed by atoms with Crippen molar-refractivity contribution in [1.29, 1.82) is 0 Å². The highest BCUT2D eigenvalue weighted by Gasteiger charge is 2.37. The summed E-state index contributed by atoms with van der Waals surface area (Å²) in [5.41, 5.74) is -1.28. The number of hydrogen-bond donors (Lipinski definition) is 0. The van der Waals surface area contributed by atoms with Crippen LogP contribution in [0.15, 0.2) is 91.0 Å². The second-order valence-corrected chi connectivity index (χ2v) is 9.43. The number of benzene rings is 3. The van der Waals surface area contributed by atoms with E-state index < -0.39 is 11.6 Å².